The summed E-state index contributed by atoms with van der Waals surface area (Å²) in [7, 11) is 0. The van der Waals surface area contributed by atoms with Crippen molar-refractivity contribution in [1.82, 2.24) is 14.8 Å². The van der Waals surface area contributed by atoms with Crippen molar-refractivity contribution < 1.29 is 4.74 Å². The molecule has 0 bridgehead atoms. The molecule has 3 rings (SSSR count). The fourth-order valence-electron chi connectivity index (χ4n) is 2.57. The molecule has 1 aliphatic heterocycles. The van der Waals surface area contributed by atoms with Crippen molar-refractivity contribution >= 4 is 5.69 Å². The number of ether oxygens (including phenoxy) is 1. The zero-order valence-electron chi connectivity index (χ0n) is 11.7. The van der Waals surface area contributed by atoms with Crippen LogP contribution in [0.5, 0.6) is 0 Å². The molecule has 1 aromatic carbocycles. The summed E-state index contributed by atoms with van der Waals surface area (Å²) in [6, 6.07) is 9.04. The molecule has 0 spiro atoms. The summed E-state index contributed by atoms with van der Waals surface area (Å²) >= 11 is 0. The quantitative estimate of drug-likeness (QED) is 0.928. The molecule has 1 aliphatic rings. The Kier molecular flexibility index (Phi) is 3.97. The first-order valence-electron chi connectivity index (χ1n) is 7.09. The van der Waals surface area contributed by atoms with Gasteiger partial charge in [0.25, 0.3) is 0 Å². The number of hydrogen-bond donors (Lipinski definition) is 1. The first kappa shape index (κ1) is 13.1. The summed E-state index contributed by atoms with van der Waals surface area (Å²) in [4.78, 5) is 3.95. The summed E-state index contributed by atoms with van der Waals surface area (Å²) in [5.74, 6) is 0. The Labute approximate surface area is 119 Å². The van der Waals surface area contributed by atoms with Crippen molar-refractivity contribution in [3.63, 3.8) is 0 Å². The van der Waals surface area contributed by atoms with E-state index in [-0.39, 0.29) is 0 Å². The van der Waals surface area contributed by atoms with Gasteiger partial charge in [0.15, 0.2) is 0 Å². The smallest absolute Gasteiger partial charge is 0.137 e. The third kappa shape index (κ3) is 3.36. The minimum absolute atomic E-state index is 0.354. The number of rotatable bonds is 4. The van der Waals surface area contributed by atoms with Gasteiger partial charge < -0.3 is 10.1 Å². The number of hydrogen-bond acceptors (Lipinski definition) is 4. The first-order chi connectivity index (χ1) is 9.79. The minimum Gasteiger partial charge on any atom is -0.382 e. The van der Waals surface area contributed by atoms with E-state index in [0.29, 0.717) is 12.1 Å². The Morgan fingerprint density at radius 2 is 2.20 bits per heavy atom. The molecular formula is C15H20N4O. The highest BCUT2D eigenvalue weighted by atomic mass is 16.5. The van der Waals surface area contributed by atoms with Crippen molar-refractivity contribution in [3.05, 3.63) is 42.5 Å². The van der Waals surface area contributed by atoms with E-state index < -0.39 is 0 Å². The zero-order chi connectivity index (χ0) is 13.8. The Morgan fingerprint density at radius 3 is 2.90 bits per heavy atom. The van der Waals surface area contributed by atoms with Gasteiger partial charge in [-0.05, 0) is 37.5 Å². The van der Waals surface area contributed by atoms with Crippen LogP contribution in [0.4, 0.5) is 5.69 Å². The molecule has 0 radical (unpaired) electrons. The maximum absolute atomic E-state index is 5.57. The van der Waals surface area contributed by atoms with Crippen molar-refractivity contribution in [2.24, 2.45) is 0 Å². The molecule has 5 heteroatoms. The van der Waals surface area contributed by atoms with Gasteiger partial charge >= 0.3 is 0 Å². The SMILES string of the molecule is CC1CC(Nc2ccc(Cn3cncn3)cc2)CCO1. The Bertz CT molecular complexity index is 523. The predicted molar refractivity (Wildman–Crippen MR) is 77.6 cm³/mol. The van der Waals surface area contributed by atoms with Crippen LogP contribution >= 0.6 is 0 Å². The highest BCUT2D eigenvalue weighted by Gasteiger charge is 2.18. The van der Waals surface area contributed by atoms with Crippen LogP contribution in [-0.4, -0.2) is 33.5 Å². The molecule has 1 aromatic heterocycles. The largest absolute Gasteiger partial charge is 0.382 e. The molecule has 0 saturated carbocycles. The lowest BCUT2D eigenvalue weighted by molar-refractivity contribution is 0.0232. The minimum atomic E-state index is 0.354. The molecular weight excluding hydrogens is 252 g/mol. The van der Waals surface area contributed by atoms with Gasteiger partial charge in [-0.2, -0.15) is 5.10 Å². The van der Waals surface area contributed by atoms with Crippen LogP contribution in [0.25, 0.3) is 0 Å². The van der Waals surface area contributed by atoms with E-state index in [1.165, 1.54) is 11.3 Å². The Morgan fingerprint density at radius 1 is 1.35 bits per heavy atom. The zero-order valence-corrected chi connectivity index (χ0v) is 11.7. The van der Waals surface area contributed by atoms with E-state index in [9.17, 15) is 0 Å². The molecule has 0 aliphatic carbocycles. The molecule has 0 amide bonds. The fourth-order valence-corrected chi connectivity index (χ4v) is 2.57. The van der Waals surface area contributed by atoms with Crippen LogP contribution in [0, 0.1) is 0 Å². The summed E-state index contributed by atoms with van der Waals surface area (Å²) in [6.07, 6.45) is 5.79. The van der Waals surface area contributed by atoms with Crippen LogP contribution in [0.2, 0.25) is 0 Å². The summed E-state index contributed by atoms with van der Waals surface area (Å²) in [5.41, 5.74) is 2.40. The van der Waals surface area contributed by atoms with Gasteiger partial charge in [-0.25, -0.2) is 9.67 Å². The van der Waals surface area contributed by atoms with Gasteiger partial charge in [-0.3, -0.25) is 0 Å². The number of anilines is 1. The van der Waals surface area contributed by atoms with Gasteiger partial charge in [-0.1, -0.05) is 12.1 Å². The molecule has 2 atom stereocenters. The van der Waals surface area contributed by atoms with E-state index in [2.05, 4.69) is 46.6 Å². The number of benzene rings is 1. The predicted octanol–water partition coefficient (Wildman–Crippen LogP) is 2.31. The van der Waals surface area contributed by atoms with Crippen molar-refractivity contribution in [3.8, 4) is 0 Å². The van der Waals surface area contributed by atoms with E-state index >= 15 is 0 Å². The van der Waals surface area contributed by atoms with Crippen molar-refractivity contribution in [2.45, 2.75) is 38.5 Å². The van der Waals surface area contributed by atoms with E-state index in [1.54, 1.807) is 12.7 Å². The van der Waals surface area contributed by atoms with Crippen LogP contribution in [0.3, 0.4) is 0 Å². The molecule has 5 nitrogen and oxygen atoms in total. The van der Waals surface area contributed by atoms with Gasteiger partial charge in [0.05, 0.1) is 12.6 Å². The highest BCUT2D eigenvalue weighted by molar-refractivity contribution is 5.45. The van der Waals surface area contributed by atoms with Crippen LogP contribution in [0.1, 0.15) is 25.3 Å². The Hall–Kier alpha value is -1.88. The summed E-state index contributed by atoms with van der Waals surface area (Å²) in [6.45, 7) is 3.74. The highest BCUT2D eigenvalue weighted by Crippen LogP contribution is 2.19. The maximum atomic E-state index is 5.57. The van der Waals surface area contributed by atoms with Crippen LogP contribution in [0.15, 0.2) is 36.9 Å². The number of aromatic nitrogens is 3. The molecule has 2 heterocycles. The second-order valence-electron chi connectivity index (χ2n) is 5.34. The standard InChI is InChI=1S/C15H20N4O/c1-12-8-15(6-7-20-12)18-14-4-2-13(3-5-14)9-19-11-16-10-17-19/h2-5,10-12,15,18H,6-9H2,1H3. The van der Waals surface area contributed by atoms with Crippen LogP contribution in [-0.2, 0) is 11.3 Å². The van der Waals surface area contributed by atoms with E-state index in [1.807, 2.05) is 4.68 Å². The van der Waals surface area contributed by atoms with Crippen molar-refractivity contribution in [1.29, 1.82) is 0 Å². The monoisotopic (exact) mass is 272 g/mol. The fraction of sp³-hybridized carbons (Fsp3) is 0.467. The lowest BCUT2D eigenvalue weighted by Crippen LogP contribution is -2.32. The summed E-state index contributed by atoms with van der Waals surface area (Å²) < 4.78 is 7.39. The van der Waals surface area contributed by atoms with Crippen LogP contribution < -0.4 is 5.32 Å². The maximum Gasteiger partial charge on any atom is 0.137 e. The molecule has 1 saturated heterocycles. The molecule has 2 aromatic rings. The Balaban J connectivity index is 1.58. The molecule has 106 valence electrons. The molecule has 1 fully saturated rings. The lowest BCUT2D eigenvalue weighted by Gasteiger charge is -2.28. The number of nitrogens with one attached hydrogen (secondary N) is 1. The molecule has 2 unspecified atom stereocenters. The van der Waals surface area contributed by atoms with E-state index in [4.69, 9.17) is 4.74 Å². The lowest BCUT2D eigenvalue weighted by atomic mass is 10.0. The topological polar surface area (TPSA) is 52.0 Å². The third-order valence-corrected chi connectivity index (χ3v) is 3.62. The second-order valence-corrected chi connectivity index (χ2v) is 5.34. The first-order valence-corrected chi connectivity index (χ1v) is 7.09. The van der Waals surface area contributed by atoms with E-state index in [0.717, 1.165) is 26.0 Å². The average Bonchev–Trinajstić information content (AvgIpc) is 2.94. The van der Waals surface area contributed by atoms with Gasteiger partial charge in [0.2, 0.25) is 0 Å². The average molecular weight is 272 g/mol. The number of nitrogens with zero attached hydrogens (tertiary/aromatic N) is 3. The van der Waals surface area contributed by atoms with Gasteiger partial charge in [0.1, 0.15) is 12.7 Å². The molecule has 1 N–H and O–H groups in total. The van der Waals surface area contributed by atoms with Crippen molar-refractivity contribution in [2.75, 3.05) is 11.9 Å². The second kappa shape index (κ2) is 6.05. The van der Waals surface area contributed by atoms with Gasteiger partial charge in [0, 0.05) is 18.3 Å². The van der Waals surface area contributed by atoms with Gasteiger partial charge in [-0.15, -0.1) is 0 Å². The summed E-state index contributed by atoms with van der Waals surface area (Å²) in [5, 5.41) is 7.69. The third-order valence-electron chi connectivity index (χ3n) is 3.62. The normalized spacial score (nSPS) is 22.6. The molecule has 20 heavy (non-hydrogen) atoms.